The molecule has 8 heteroatoms. The molecule has 0 saturated carbocycles. The number of hydrogen-bond donors (Lipinski definition) is 1. The third-order valence-electron chi connectivity index (χ3n) is 5.62. The van der Waals surface area contributed by atoms with Gasteiger partial charge in [0.25, 0.3) is 5.91 Å². The first-order valence-electron chi connectivity index (χ1n) is 11.9. The van der Waals surface area contributed by atoms with Crippen LogP contribution in [0, 0.1) is 11.3 Å². The molecule has 0 radical (unpaired) electrons. The molecule has 0 aliphatic heterocycles. The number of rotatable bonds is 10. The Balaban J connectivity index is 1.43. The molecule has 0 spiro atoms. The van der Waals surface area contributed by atoms with Crippen molar-refractivity contribution >= 4 is 45.2 Å². The summed E-state index contributed by atoms with van der Waals surface area (Å²) in [6.07, 6.45) is 1.49. The summed E-state index contributed by atoms with van der Waals surface area (Å²) in [5, 5.41) is 13.1. The van der Waals surface area contributed by atoms with Crippen LogP contribution < -0.4 is 19.5 Å². The average Bonchev–Trinajstić information content (AvgIpc) is 2.96. The summed E-state index contributed by atoms with van der Waals surface area (Å²) in [4.78, 5) is 12.9. The molecule has 4 aromatic rings. The van der Waals surface area contributed by atoms with Crippen molar-refractivity contribution in [2.45, 2.75) is 13.2 Å². The Kier molecular flexibility index (Phi) is 9.63. The Hall–Kier alpha value is -4.25. The third kappa shape index (κ3) is 8.11. The summed E-state index contributed by atoms with van der Waals surface area (Å²) >= 11 is 9.38. The van der Waals surface area contributed by atoms with Crippen molar-refractivity contribution in [2.24, 2.45) is 0 Å². The Morgan fingerprint density at radius 1 is 0.897 bits per heavy atom. The lowest BCUT2D eigenvalue weighted by Crippen LogP contribution is -2.13. The molecular weight excluding hydrogens is 580 g/mol. The molecule has 0 saturated heterocycles. The first kappa shape index (κ1) is 27.8. The smallest absolute Gasteiger partial charge is 0.266 e. The predicted octanol–water partition coefficient (Wildman–Crippen LogP) is 7.81. The van der Waals surface area contributed by atoms with Gasteiger partial charge in [0.2, 0.25) is 0 Å². The van der Waals surface area contributed by atoms with Gasteiger partial charge in [0.15, 0.2) is 0 Å². The van der Waals surface area contributed by atoms with Crippen LogP contribution in [0.5, 0.6) is 17.2 Å². The number of nitrogens with zero attached hydrogens (tertiary/aromatic N) is 1. The van der Waals surface area contributed by atoms with E-state index < -0.39 is 5.91 Å². The maximum absolute atomic E-state index is 12.9. The molecule has 6 nitrogen and oxygen atoms in total. The standard InChI is InChI=1S/C31H24BrClN2O4/c1-37-29-13-6-23(30(17-29)39-20-22-4-9-26(33)10-5-22)16-24(18-34)31(36)35-27-11-14-28(15-12-27)38-19-21-2-7-25(32)8-3-21/h2-17H,19-20H2,1H3,(H,35,36)/b24-16+. The van der Waals surface area contributed by atoms with Crippen molar-refractivity contribution < 1.29 is 19.0 Å². The normalized spacial score (nSPS) is 10.9. The summed E-state index contributed by atoms with van der Waals surface area (Å²) in [5.74, 6) is 1.17. The molecule has 0 unspecified atom stereocenters. The van der Waals surface area contributed by atoms with Crippen molar-refractivity contribution in [3.63, 3.8) is 0 Å². The zero-order valence-electron chi connectivity index (χ0n) is 21.0. The Morgan fingerprint density at radius 2 is 1.51 bits per heavy atom. The summed E-state index contributed by atoms with van der Waals surface area (Å²) < 4.78 is 18.1. The van der Waals surface area contributed by atoms with Gasteiger partial charge in [-0.1, -0.05) is 51.8 Å². The minimum Gasteiger partial charge on any atom is -0.497 e. The van der Waals surface area contributed by atoms with Crippen LogP contribution in [0.1, 0.15) is 16.7 Å². The van der Waals surface area contributed by atoms with Crippen LogP contribution in [0.2, 0.25) is 5.02 Å². The van der Waals surface area contributed by atoms with E-state index in [0.29, 0.717) is 40.1 Å². The number of hydrogen-bond acceptors (Lipinski definition) is 5. The molecule has 0 aromatic heterocycles. The summed E-state index contributed by atoms with van der Waals surface area (Å²) in [6, 6.07) is 29.3. The van der Waals surface area contributed by atoms with E-state index in [1.165, 1.54) is 6.08 Å². The molecule has 0 aliphatic rings. The fraction of sp³-hybridized carbons (Fsp3) is 0.0968. The van der Waals surface area contributed by atoms with Crippen LogP contribution in [0.25, 0.3) is 6.08 Å². The van der Waals surface area contributed by atoms with Gasteiger partial charge >= 0.3 is 0 Å². The Labute approximate surface area is 240 Å². The fourth-order valence-electron chi connectivity index (χ4n) is 3.51. The van der Waals surface area contributed by atoms with Gasteiger partial charge in [-0.15, -0.1) is 0 Å². The molecule has 39 heavy (non-hydrogen) atoms. The molecule has 0 heterocycles. The SMILES string of the molecule is COc1ccc(/C=C(\C#N)C(=O)Nc2ccc(OCc3ccc(Br)cc3)cc2)c(OCc2ccc(Cl)cc2)c1. The number of amides is 1. The Morgan fingerprint density at radius 3 is 2.15 bits per heavy atom. The van der Waals surface area contributed by atoms with E-state index >= 15 is 0 Å². The van der Waals surface area contributed by atoms with Gasteiger partial charge in [-0.05, 0) is 77.9 Å². The molecule has 4 aromatic carbocycles. The summed E-state index contributed by atoms with van der Waals surface area (Å²) in [7, 11) is 1.55. The monoisotopic (exact) mass is 602 g/mol. The maximum Gasteiger partial charge on any atom is 0.266 e. The van der Waals surface area contributed by atoms with Gasteiger partial charge in [-0.2, -0.15) is 5.26 Å². The van der Waals surface area contributed by atoms with Gasteiger partial charge in [0.1, 0.15) is 42.1 Å². The predicted molar refractivity (Wildman–Crippen MR) is 156 cm³/mol. The van der Waals surface area contributed by atoms with Crippen LogP contribution in [-0.2, 0) is 18.0 Å². The minimum atomic E-state index is -0.541. The van der Waals surface area contributed by atoms with E-state index in [2.05, 4.69) is 21.2 Å². The van der Waals surface area contributed by atoms with Crippen molar-refractivity contribution in [1.82, 2.24) is 0 Å². The molecule has 0 atom stereocenters. The van der Waals surface area contributed by atoms with Crippen molar-refractivity contribution in [3.05, 3.63) is 123 Å². The number of methoxy groups -OCH3 is 1. The molecule has 0 bridgehead atoms. The second-order valence-corrected chi connectivity index (χ2v) is 9.73. The van der Waals surface area contributed by atoms with Crippen LogP contribution in [0.15, 0.2) is 101 Å². The first-order valence-corrected chi connectivity index (χ1v) is 13.1. The van der Waals surface area contributed by atoms with Crippen LogP contribution in [0.3, 0.4) is 0 Å². The zero-order valence-corrected chi connectivity index (χ0v) is 23.3. The van der Waals surface area contributed by atoms with Crippen molar-refractivity contribution in [3.8, 4) is 23.3 Å². The number of halogens is 2. The maximum atomic E-state index is 12.9. The lowest BCUT2D eigenvalue weighted by molar-refractivity contribution is -0.112. The van der Waals surface area contributed by atoms with E-state index in [0.717, 1.165) is 15.6 Å². The van der Waals surface area contributed by atoms with E-state index in [-0.39, 0.29) is 12.2 Å². The number of benzene rings is 4. The van der Waals surface area contributed by atoms with Gasteiger partial charge < -0.3 is 19.5 Å². The van der Waals surface area contributed by atoms with E-state index in [9.17, 15) is 10.1 Å². The highest BCUT2D eigenvalue weighted by Gasteiger charge is 2.13. The van der Waals surface area contributed by atoms with E-state index in [4.69, 9.17) is 25.8 Å². The summed E-state index contributed by atoms with van der Waals surface area (Å²) in [5.41, 5.74) is 2.97. The second kappa shape index (κ2) is 13.5. The van der Waals surface area contributed by atoms with Crippen LogP contribution in [0.4, 0.5) is 5.69 Å². The second-order valence-electron chi connectivity index (χ2n) is 8.38. The topological polar surface area (TPSA) is 80.6 Å². The zero-order chi connectivity index (χ0) is 27.6. The number of ether oxygens (including phenoxy) is 3. The van der Waals surface area contributed by atoms with Crippen molar-refractivity contribution in [1.29, 1.82) is 5.26 Å². The van der Waals surface area contributed by atoms with Gasteiger partial charge in [-0.25, -0.2) is 0 Å². The number of carbonyl (C=O) groups is 1. The fourth-order valence-corrected chi connectivity index (χ4v) is 3.90. The average molecular weight is 604 g/mol. The van der Waals surface area contributed by atoms with E-state index in [1.54, 1.807) is 61.7 Å². The summed E-state index contributed by atoms with van der Waals surface area (Å²) in [6.45, 7) is 0.695. The minimum absolute atomic E-state index is 0.0768. The number of nitrogens with one attached hydrogen (secondary N) is 1. The largest absolute Gasteiger partial charge is 0.497 e. The number of carbonyl (C=O) groups excluding carboxylic acids is 1. The first-order chi connectivity index (χ1) is 18.9. The number of nitriles is 1. The molecule has 4 rings (SSSR count). The third-order valence-corrected chi connectivity index (χ3v) is 6.40. The molecule has 0 aliphatic carbocycles. The van der Waals surface area contributed by atoms with Gasteiger partial charge in [-0.3, -0.25) is 4.79 Å². The molecule has 196 valence electrons. The van der Waals surface area contributed by atoms with Crippen LogP contribution in [-0.4, -0.2) is 13.0 Å². The van der Waals surface area contributed by atoms with E-state index in [1.807, 2.05) is 42.5 Å². The lowest BCUT2D eigenvalue weighted by Gasteiger charge is -2.12. The van der Waals surface area contributed by atoms with Crippen molar-refractivity contribution in [2.75, 3.05) is 12.4 Å². The highest BCUT2D eigenvalue weighted by Crippen LogP contribution is 2.28. The number of anilines is 1. The highest BCUT2D eigenvalue weighted by atomic mass is 79.9. The van der Waals surface area contributed by atoms with Gasteiger partial charge in [0, 0.05) is 26.8 Å². The lowest BCUT2D eigenvalue weighted by atomic mass is 10.1. The van der Waals surface area contributed by atoms with Gasteiger partial charge in [0.05, 0.1) is 7.11 Å². The Bertz CT molecular complexity index is 1500. The molecule has 1 amide bonds. The van der Waals surface area contributed by atoms with Crippen LogP contribution >= 0.6 is 27.5 Å². The molecular formula is C31H24BrClN2O4. The molecule has 1 N–H and O–H groups in total. The quantitative estimate of drug-likeness (QED) is 0.148. The molecule has 0 fully saturated rings. The highest BCUT2D eigenvalue weighted by molar-refractivity contribution is 9.10.